The molecule has 5 aromatic rings. The summed E-state index contributed by atoms with van der Waals surface area (Å²) in [4.78, 5) is 14.5. The quantitative estimate of drug-likeness (QED) is 0.164. The normalized spacial score (nSPS) is 10.8. The van der Waals surface area contributed by atoms with Crippen molar-refractivity contribution in [3.05, 3.63) is 96.1 Å². The van der Waals surface area contributed by atoms with Crippen molar-refractivity contribution < 1.29 is 19.4 Å². The molecule has 0 amide bonds. The Bertz CT molecular complexity index is 1590. The zero-order valence-corrected chi connectivity index (χ0v) is 19.3. The number of rotatable bonds is 8. The molecule has 0 saturated carbocycles. The summed E-state index contributed by atoms with van der Waals surface area (Å²) in [7, 11) is 0. The van der Waals surface area contributed by atoms with Crippen LogP contribution in [-0.2, 0) is 6.42 Å². The molecule has 5 rings (SSSR count). The van der Waals surface area contributed by atoms with Crippen molar-refractivity contribution >= 4 is 39.2 Å². The number of aromatic nitrogens is 1. The van der Waals surface area contributed by atoms with E-state index < -0.39 is 6.16 Å². The van der Waals surface area contributed by atoms with Crippen LogP contribution in [0.3, 0.4) is 0 Å². The van der Waals surface area contributed by atoms with Gasteiger partial charge in [-0.3, -0.25) is 0 Å². The first-order chi connectivity index (χ1) is 17.6. The minimum atomic E-state index is -1.38. The first-order valence-corrected chi connectivity index (χ1v) is 11.5. The Morgan fingerprint density at radius 3 is 2.61 bits per heavy atom. The van der Waals surface area contributed by atoms with Gasteiger partial charge in [-0.15, -0.1) is 0 Å². The number of nitriles is 1. The highest BCUT2D eigenvalue weighted by atomic mass is 16.7. The van der Waals surface area contributed by atoms with E-state index in [1.807, 2.05) is 66.7 Å². The van der Waals surface area contributed by atoms with Crippen LogP contribution in [0.2, 0.25) is 0 Å². The first kappa shape index (κ1) is 22.8. The average Bonchev–Trinajstić information content (AvgIpc) is 3.24. The summed E-state index contributed by atoms with van der Waals surface area (Å²) in [5.74, 6) is 1.02. The van der Waals surface area contributed by atoms with Gasteiger partial charge in [-0.2, -0.15) is 5.26 Å². The molecule has 0 aliphatic carbocycles. The topological polar surface area (TPSA) is 107 Å². The maximum absolute atomic E-state index is 11.4. The van der Waals surface area contributed by atoms with Gasteiger partial charge in [0.1, 0.15) is 5.75 Å². The van der Waals surface area contributed by atoms with E-state index in [-0.39, 0.29) is 5.88 Å². The molecule has 0 atom stereocenters. The van der Waals surface area contributed by atoms with Gasteiger partial charge >= 0.3 is 6.16 Å². The highest BCUT2D eigenvalue weighted by molar-refractivity contribution is 5.97. The molecule has 1 heterocycles. The molecule has 1 aromatic heterocycles. The van der Waals surface area contributed by atoms with Gasteiger partial charge < -0.3 is 24.9 Å². The lowest BCUT2D eigenvalue weighted by molar-refractivity contribution is 0.142. The van der Waals surface area contributed by atoms with E-state index >= 15 is 0 Å². The second-order valence-electron chi connectivity index (χ2n) is 8.28. The number of aromatic amines is 1. The Morgan fingerprint density at radius 1 is 0.972 bits per heavy atom. The lowest BCUT2D eigenvalue weighted by atomic mass is 10.1. The molecule has 0 fully saturated rings. The summed E-state index contributed by atoms with van der Waals surface area (Å²) in [6, 6.07) is 29.0. The molecule has 3 N–H and O–H groups in total. The van der Waals surface area contributed by atoms with Crippen LogP contribution in [0.25, 0.3) is 21.7 Å². The van der Waals surface area contributed by atoms with E-state index in [0.717, 1.165) is 44.4 Å². The largest absolute Gasteiger partial charge is 0.512 e. The smallest absolute Gasteiger partial charge is 0.493 e. The number of ether oxygens (including phenoxy) is 2. The maximum atomic E-state index is 11.4. The predicted molar refractivity (Wildman–Crippen MR) is 139 cm³/mol. The van der Waals surface area contributed by atoms with E-state index in [1.165, 1.54) is 0 Å². The molecule has 0 unspecified atom stereocenters. The Balaban J connectivity index is 1.38. The second kappa shape index (κ2) is 10.1. The van der Waals surface area contributed by atoms with Crippen molar-refractivity contribution in [2.75, 3.05) is 11.9 Å². The number of carboxylic acid groups (broad SMARTS) is 1. The number of carbonyl (C=O) groups is 1. The van der Waals surface area contributed by atoms with Gasteiger partial charge in [0.2, 0.25) is 5.88 Å². The SMILES string of the molecule is N#Cc1cccc(Nc2cccc3c(CCCOc4cccc5ccccc45)c(OC(=O)O)[nH]c23)c1. The zero-order valence-electron chi connectivity index (χ0n) is 19.3. The summed E-state index contributed by atoms with van der Waals surface area (Å²) in [5.41, 5.74) is 3.53. The van der Waals surface area contributed by atoms with Crippen LogP contribution in [0.15, 0.2) is 84.9 Å². The second-order valence-corrected chi connectivity index (χ2v) is 8.28. The number of anilines is 2. The fourth-order valence-corrected chi connectivity index (χ4v) is 4.35. The third-order valence-electron chi connectivity index (χ3n) is 5.94. The van der Waals surface area contributed by atoms with Gasteiger partial charge in [-0.25, -0.2) is 4.79 Å². The fraction of sp³-hybridized carbons (Fsp3) is 0.103. The van der Waals surface area contributed by atoms with Crippen LogP contribution in [0.5, 0.6) is 11.6 Å². The number of para-hydroxylation sites is 1. The number of fused-ring (bicyclic) bond motifs is 2. The molecular weight excluding hydrogens is 454 g/mol. The molecular formula is C29H23N3O4. The van der Waals surface area contributed by atoms with Gasteiger partial charge in [-0.1, -0.05) is 54.6 Å². The average molecular weight is 478 g/mol. The summed E-state index contributed by atoms with van der Waals surface area (Å²) in [6.45, 7) is 0.464. The number of H-pyrrole nitrogens is 1. The summed E-state index contributed by atoms with van der Waals surface area (Å²) in [5, 5.41) is 24.8. The minimum absolute atomic E-state index is 0.197. The zero-order chi connectivity index (χ0) is 24.9. The Labute approximate surface area is 207 Å². The van der Waals surface area contributed by atoms with E-state index in [1.54, 1.807) is 18.2 Å². The first-order valence-electron chi connectivity index (χ1n) is 11.5. The minimum Gasteiger partial charge on any atom is -0.493 e. The van der Waals surface area contributed by atoms with Crippen molar-refractivity contribution in [1.29, 1.82) is 5.26 Å². The summed E-state index contributed by atoms with van der Waals surface area (Å²) >= 11 is 0. The Morgan fingerprint density at radius 2 is 1.75 bits per heavy atom. The van der Waals surface area contributed by atoms with Gasteiger partial charge in [-0.05, 0) is 48.6 Å². The van der Waals surface area contributed by atoms with Gasteiger partial charge in [0.05, 0.1) is 29.4 Å². The predicted octanol–water partition coefficient (Wildman–Crippen LogP) is 7.00. The van der Waals surface area contributed by atoms with Crippen molar-refractivity contribution in [2.24, 2.45) is 0 Å². The lowest BCUT2D eigenvalue weighted by Gasteiger charge is -2.10. The molecule has 7 nitrogen and oxygen atoms in total. The molecule has 0 saturated heterocycles. The third kappa shape index (κ3) is 4.79. The van der Waals surface area contributed by atoms with Crippen molar-refractivity contribution in [1.82, 2.24) is 4.98 Å². The number of nitrogens with zero attached hydrogens (tertiary/aromatic N) is 1. The van der Waals surface area contributed by atoms with E-state index in [0.29, 0.717) is 25.0 Å². The lowest BCUT2D eigenvalue weighted by Crippen LogP contribution is -2.06. The van der Waals surface area contributed by atoms with Crippen LogP contribution in [0, 0.1) is 11.3 Å². The van der Waals surface area contributed by atoms with Crippen molar-refractivity contribution in [2.45, 2.75) is 12.8 Å². The summed E-state index contributed by atoms with van der Waals surface area (Å²) in [6.07, 6.45) is -0.166. The van der Waals surface area contributed by atoms with E-state index in [2.05, 4.69) is 16.4 Å². The standard InChI is InChI=1S/C29H23N3O4/c30-18-19-7-3-10-21(17-19)31-25-14-5-12-23-24(28(32-27(23)25)36-29(33)34)13-6-16-35-26-15-4-9-20-8-1-2-11-22(20)26/h1-5,7-12,14-15,17,31-32H,6,13,16H2,(H,33,34). The maximum Gasteiger partial charge on any atom is 0.512 e. The van der Waals surface area contributed by atoms with Crippen molar-refractivity contribution in [3.63, 3.8) is 0 Å². The van der Waals surface area contributed by atoms with Crippen LogP contribution in [-0.4, -0.2) is 22.9 Å². The van der Waals surface area contributed by atoms with Crippen LogP contribution in [0.1, 0.15) is 17.5 Å². The molecule has 0 bridgehead atoms. The molecule has 4 aromatic carbocycles. The molecule has 36 heavy (non-hydrogen) atoms. The number of aryl methyl sites for hydroxylation is 1. The van der Waals surface area contributed by atoms with Crippen LogP contribution in [0.4, 0.5) is 16.2 Å². The highest BCUT2D eigenvalue weighted by Crippen LogP contribution is 2.35. The number of hydrogen-bond acceptors (Lipinski definition) is 5. The molecule has 0 aliphatic rings. The van der Waals surface area contributed by atoms with Crippen LogP contribution >= 0.6 is 0 Å². The molecule has 0 radical (unpaired) electrons. The van der Waals surface area contributed by atoms with Crippen molar-refractivity contribution in [3.8, 4) is 17.7 Å². The number of nitrogens with one attached hydrogen (secondary N) is 2. The molecule has 0 aliphatic heterocycles. The van der Waals surface area contributed by atoms with Crippen LogP contribution < -0.4 is 14.8 Å². The van der Waals surface area contributed by atoms with E-state index in [9.17, 15) is 15.2 Å². The molecule has 178 valence electrons. The molecule has 0 spiro atoms. The van der Waals surface area contributed by atoms with Gasteiger partial charge in [0.15, 0.2) is 0 Å². The van der Waals surface area contributed by atoms with Gasteiger partial charge in [0, 0.05) is 22.0 Å². The van der Waals surface area contributed by atoms with Gasteiger partial charge in [0.25, 0.3) is 0 Å². The third-order valence-corrected chi connectivity index (χ3v) is 5.94. The number of benzene rings is 4. The number of hydrogen-bond donors (Lipinski definition) is 3. The monoisotopic (exact) mass is 477 g/mol. The Kier molecular flexibility index (Phi) is 6.41. The summed E-state index contributed by atoms with van der Waals surface area (Å²) < 4.78 is 11.2. The van der Waals surface area contributed by atoms with E-state index in [4.69, 9.17) is 9.47 Å². The molecule has 7 heteroatoms. The fourth-order valence-electron chi connectivity index (χ4n) is 4.35. The Hall–Kier alpha value is -4.96. The highest BCUT2D eigenvalue weighted by Gasteiger charge is 2.18.